The number of aromatic nitrogens is 3. The molecular weight excluding hydrogens is 739 g/mol. The van der Waals surface area contributed by atoms with E-state index in [1.54, 1.807) is 6.20 Å². The number of aryl methyl sites for hydroxylation is 1. The molecule has 0 saturated heterocycles. The van der Waals surface area contributed by atoms with Crippen molar-refractivity contribution in [2.24, 2.45) is 0 Å². The van der Waals surface area contributed by atoms with E-state index in [2.05, 4.69) is 74.1 Å². The van der Waals surface area contributed by atoms with Crippen LogP contribution in [0.3, 0.4) is 0 Å². The number of fused-ring (bicyclic) bond motifs is 6. The molecule has 0 amide bonds. The van der Waals surface area contributed by atoms with Gasteiger partial charge in [0.25, 0.3) is 0 Å². The van der Waals surface area contributed by atoms with Crippen LogP contribution in [0.1, 0.15) is 56.7 Å². The predicted molar refractivity (Wildman–Crippen MR) is 177 cm³/mol. The maximum atomic E-state index is 6.20. The second kappa shape index (κ2) is 11.7. The van der Waals surface area contributed by atoms with Crippen molar-refractivity contribution in [1.82, 2.24) is 15.0 Å². The average Bonchev–Trinajstić information content (AvgIpc) is 3.60. The molecule has 2 aromatic carbocycles. The minimum absolute atomic E-state index is 0. The quantitative estimate of drug-likeness (QED) is 0.164. The van der Waals surface area contributed by atoms with Gasteiger partial charge in [-0.25, -0.2) is 4.98 Å². The summed E-state index contributed by atoms with van der Waals surface area (Å²) in [6, 6.07) is 32.7. The van der Waals surface area contributed by atoms with Crippen molar-refractivity contribution in [3.05, 3.63) is 113 Å². The summed E-state index contributed by atoms with van der Waals surface area (Å²) in [4.78, 5) is 16.5. The first-order valence-corrected chi connectivity index (χ1v) is 15.6. The minimum atomic E-state index is 0. The zero-order valence-electron chi connectivity index (χ0n) is 25.5. The van der Waals surface area contributed by atoms with Crippen molar-refractivity contribution in [3.8, 4) is 22.5 Å². The summed E-state index contributed by atoms with van der Waals surface area (Å²) in [5, 5.41) is 3.40. The topological polar surface area (TPSA) is 51.8 Å². The zero-order valence-corrected chi connectivity index (χ0v) is 28.7. The molecule has 7 aromatic rings. The fraction of sp³-hybridized carbons (Fsp3) is 0.237. The van der Waals surface area contributed by atoms with Crippen molar-refractivity contribution in [2.75, 3.05) is 0 Å². The van der Waals surface area contributed by atoms with Crippen molar-refractivity contribution >= 4 is 43.6 Å². The van der Waals surface area contributed by atoms with Crippen LogP contribution >= 0.6 is 11.3 Å². The molecular formula is C38H33IrN3OS-2. The zero-order chi connectivity index (χ0) is 29.8. The van der Waals surface area contributed by atoms with E-state index < -0.39 is 0 Å². The van der Waals surface area contributed by atoms with Crippen LogP contribution in [-0.2, 0) is 30.9 Å². The molecule has 5 heterocycles. The summed E-state index contributed by atoms with van der Waals surface area (Å²) in [6.07, 6.45) is 4.21. The largest absolute Gasteiger partial charge is 0.486 e. The van der Waals surface area contributed by atoms with Gasteiger partial charge < -0.3 is 9.40 Å². The van der Waals surface area contributed by atoms with Gasteiger partial charge in [0.2, 0.25) is 5.71 Å². The Morgan fingerprint density at radius 1 is 0.750 bits per heavy atom. The standard InChI is InChI=1S/C27H25N2OS.C11H8N.Ir/c1-15-9-10-17-16-7-6-8-18(22(16)30-24(17)28-15)20-12-11-19-21-23(31-25(19)29-20)27(4,5)14-13-26(21,2)3;1-2-6-10(7-3-1)11-8-4-5-9-12-11;/h6-7,9-12H,13-14H2,1-5H3;1-6,8-9H;/q2*-1;. The van der Waals surface area contributed by atoms with Gasteiger partial charge in [-0.2, -0.15) is 0 Å². The molecule has 8 rings (SSSR count). The third-order valence-electron chi connectivity index (χ3n) is 8.57. The van der Waals surface area contributed by atoms with Crippen LogP contribution in [-0.4, -0.2) is 15.0 Å². The molecule has 0 unspecified atom stereocenters. The van der Waals surface area contributed by atoms with Crippen LogP contribution in [0.25, 0.3) is 54.8 Å². The molecule has 1 aliphatic carbocycles. The maximum Gasteiger partial charge on any atom is 0.216 e. The Morgan fingerprint density at radius 2 is 1.55 bits per heavy atom. The molecule has 0 saturated carbocycles. The number of hydrogen-bond acceptors (Lipinski definition) is 5. The van der Waals surface area contributed by atoms with Crippen LogP contribution in [0.15, 0.2) is 89.5 Å². The number of nitrogens with zero attached hydrogens (tertiary/aromatic N) is 3. The molecule has 0 N–H and O–H groups in total. The number of furan rings is 1. The van der Waals surface area contributed by atoms with E-state index in [4.69, 9.17) is 9.40 Å². The van der Waals surface area contributed by atoms with Gasteiger partial charge in [0.05, 0.1) is 5.58 Å². The normalized spacial score (nSPS) is 14.9. The van der Waals surface area contributed by atoms with Crippen molar-refractivity contribution in [2.45, 2.75) is 58.3 Å². The number of benzene rings is 2. The van der Waals surface area contributed by atoms with E-state index in [1.165, 1.54) is 28.7 Å². The predicted octanol–water partition coefficient (Wildman–Crippen LogP) is 10.3. The number of hydrogen-bond donors (Lipinski definition) is 0. The molecule has 0 atom stereocenters. The average molecular weight is 772 g/mol. The Labute approximate surface area is 276 Å². The van der Waals surface area contributed by atoms with Crippen LogP contribution < -0.4 is 0 Å². The Morgan fingerprint density at radius 3 is 2.32 bits per heavy atom. The summed E-state index contributed by atoms with van der Waals surface area (Å²) >= 11 is 1.86. The van der Waals surface area contributed by atoms with Gasteiger partial charge in [0.15, 0.2) is 0 Å². The smallest absolute Gasteiger partial charge is 0.216 e. The van der Waals surface area contributed by atoms with Crippen LogP contribution in [0, 0.1) is 19.1 Å². The van der Waals surface area contributed by atoms with E-state index in [9.17, 15) is 0 Å². The van der Waals surface area contributed by atoms with Gasteiger partial charge in [0.1, 0.15) is 4.83 Å². The van der Waals surface area contributed by atoms with Crippen molar-refractivity contribution < 1.29 is 24.5 Å². The Balaban J connectivity index is 0.000000222. The van der Waals surface area contributed by atoms with E-state index >= 15 is 0 Å². The number of thiophene rings is 1. The Hall–Kier alpha value is -3.70. The summed E-state index contributed by atoms with van der Waals surface area (Å²) in [5.41, 5.74) is 8.13. The Bertz CT molecular complexity index is 2060. The molecule has 0 bridgehead atoms. The third kappa shape index (κ3) is 5.40. The first-order chi connectivity index (χ1) is 20.7. The van der Waals surface area contributed by atoms with Gasteiger partial charge in [0, 0.05) is 47.6 Å². The first-order valence-electron chi connectivity index (χ1n) is 14.7. The van der Waals surface area contributed by atoms with Crippen LogP contribution in [0.4, 0.5) is 0 Å². The number of rotatable bonds is 2. The fourth-order valence-corrected chi connectivity index (χ4v) is 7.59. The SMILES string of the molecule is Cc1ccc2c(n1)oc1c(-c3ccc4c5c(sc4n3)C(C)(C)CCC5(C)C)[c-]ccc12.[Ir].[c-]1ccccc1-c1ccccn1. The maximum absolute atomic E-state index is 6.20. The van der Waals surface area contributed by atoms with E-state index in [0.717, 1.165) is 49.4 Å². The third-order valence-corrected chi connectivity index (χ3v) is 10.0. The fourth-order valence-electron chi connectivity index (χ4n) is 6.11. The molecule has 0 spiro atoms. The molecule has 44 heavy (non-hydrogen) atoms. The molecule has 5 aromatic heterocycles. The molecule has 0 fully saturated rings. The molecule has 4 nitrogen and oxygen atoms in total. The van der Waals surface area contributed by atoms with E-state index in [0.29, 0.717) is 5.71 Å². The Kier molecular flexibility index (Phi) is 8.04. The van der Waals surface area contributed by atoms with Gasteiger partial charge >= 0.3 is 0 Å². The number of pyridine rings is 3. The summed E-state index contributed by atoms with van der Waals surface area (Å²) in [7, 11) is 0. The monoisotopic (exact) mass is 772 g/mol. The van der Waals surface area contributed by atoms with Crippen LogP contribution in [0.2, 0.25) is 0 Å². The minimum Gasteiger partial charge on any atom is -0.486 e. The van der Waals surface area contributed by atoms with E-state index in [1.807, 2.05) is 72.9 Å². The van der Waals surface area contributed by atoms with E-state index in [-0.39, 0.29) is 30.9 Å². The molecule has 0 aliphatic heterocycles. The molecule has 223 valence electrons. The molecule has 6 heteroatoms. The summed E-state index contributed by atoms with van der Waals surface area (Å²) < 4.78 is 6.20. The van der Waals surface area contributed by atoms with Gasteiger partial charge in [-0.1, -0.05) is 62.9 Å². The van der Waals surface area contributed by atoms with Gasteiger partial charge in [-0.3, -0.25) is 4.98 Å². The van der Waals surface area contributed by atoms with Crippen LogP contribution in [0.5, 0.6) is 0 Å². The summed E-state index contributed by atoms with van der Waals surface area (Å²) in [6.45, 7) is 11.5. The summed E-state index contributed by atoms with van der Waals surface area (Å²) in [5.74, 6) is 0. The van der Waals surface area contributed by atoms with Gasteiger partial charge in [-0.05, 0) is 65.7 Å². The van der Waals surface area contributed by atoms with Crippen molar-refractivity contribution in [1.29, 1.82) is 0 Å². The second-order valence-electron chi connectivity index (χ2n) is 12.6. The van der Waals surface area contributed by atoms with Gasteiger partial charge in [-0.15, -0.1) is 65.4 Å². The van der Waals surface area contributed by atoms with Crippen molar-refractivity contribution in [3.63, 3.8) is 0 Å². The second-order valence-corrected chi connectivity index (χ2v) is 13.6. The molecule has 1 aliphatic rings. The first kappa shape index (κ1) is 30.3. The molecule has 1 radical (unpaired) electrons.